The molecule has 9 nitrogen and oxygen atoms in total. The molecule has 26 heavy (non-hydrogen) atoms. The van der Waals surface area contributed by atoms with Crippen molar-refractivity contribution in [2.45, 2.75) is 44.2 Å². The largest absolute Gasteiger partial charge is 0.449 e. The van der Waals surface area contributed by atoms with Crippen LogP contribution < -0.4 is 15.8 Å². The van der Waals surface area contributed by atoms with E-state index in [-0.39, 0.29) is 15.5 Å². The summed E-state index contributed by atoms with van der Waals surface area (Å²) in [6, 6.07) is 2.48. The second-order valence-electron chi connectivity index (χ2n) is 6.43. The summed E-state index contributed by atoms with van der Waals surface area (Å²) in [4.78, 5) is 35.4. The number of hydrogen-bond acceptors (Lipinski definition) is 6. The smallest absolute Gasteiger partial charge is 0.340 e. The number of primary sulfonamides is 1. The highest BCUT2D eigenvalue weighted by atomic mass is 35.5. The van der Waals surface area contributed by atoms with E-state index in [0.717, 1.165) is 12.1 Å². The lowest BCUT2D eigenvalue weighted by atomic mass is 10.1. The second kappa shape index (κ2) is 8.02. The Balaban J connectivity index is 2.84. The van der Waals surface area contributed by atoms with Crippen LogP contribution in [0.15, 0.2) is 23.1 Å². The molecular formula is C15H20ClN3O6S. The summed E-state index contributed by atoms with van der Waals surface area (Å²) in [5.74, 6) is -1.90. The summed E-state index contributed by atoms with van der Waals surface area (Å²) in [6.07, 6.45) is -1.33. The predicted molar refractivity (Wildman–Crippen MR) is 94.1 cm³/mol. The van der Waals surface area contributed by atoms with E-state index in [0.29, 0.717) is 0 Å². The van der Waals surface area contributed by atoms with Crippen molar-refractivity contribution in [3.63, 3.8) is 0 Å². The van der Waals surface area contributed by atoms with E-state index < -0.39 is 39.6 Å². The standard InChI is InChI=1S/C15H20ClN3O6S/c1-8(12(20)18-14(22)19-15(2,3)4)25-13(21)10-7-9(26(17,23)24)5-6-11(10)16/h5-8H,1-4H3,(H2,17,23,24)(H2,18,19,20,22). The molecule has 1 atom stereocenters. The normalized spacial score (nSPS) is 12.8. The van der Waals surface area contributed by atoms with Gasteiger partial charge >= 0.3 is 12.0 Å². The molecule has 0 saturated carbocycles. The number of sulfonamides is 1. The van der Waals surface area contributed by atoms with Gasteiger partial charge < -0.3 is 10.1 Å². The van der Waals surface area contributed by atoms with Gasteiger partial charge in [-0.25, -0.2) is 23.1 Å². The van der Waals surface area contributed by atoms with Crippen molar-refractivity contribution in [3.05, 3.63) is 28.8 Å². The number of hydrogen-bond donors (Lipinski definition) is 3. The number of carbonyl (C=O) groups is 3. The van der Waals surface area contributed by atoms with Gasteiger partial charge in [0.2, 0.25) is 10.0 Å². The van der Waals surface area contributed by atoms with E-state index in [9.17, 15) is 22.8 Å². The molecule has 1 unspecified atom stereocenters. The van der Waals surface area contributed by atoms with Crippen LogP contribution in [0.5, 0.6) is 0 Å². The SMILES string of the molecule is CC(OC(=O)c1cc(S(N)(=O)=O)ccc1Cl)C(=O)NC(=O)NC(C)(C)C. The first-order valence-electron chi connectivity index (χ1n) is 7.37. The van der Waals surface area contributed by atoms with Crippen LogP contribution in [-0.2, 0) is 19.6 Å². The van der Waals surface area contributed by atoms with E-state index in [2.05, 4.69) is 5.32 Å². The van der Waals surface area contributed by atoms with Gasteiger partial charge in [0.05, 0.1) is 15.5 Å². The van der Waals surface area contributed by atoms with E-state index in [1.54, 1.807) is 20.8 Å². The monoisotopic (exact) mass is 405 g/mol. The van der Waals surface area contributed by atoms with E-state index in [4.69, 9.17) is 21.5 Å². The Bertz CT molecular complexity index is 832. The summed E-state index contributed by atoms with van der Waals surface area (Å²) in [5, 5.41) is 9.45. The number of imide groups is 1. The molecule has 0 bridgehead atoms. The van der Waals surface area contributed by atoms with Crippen LogP contribution in [-0.4, -0.2) is 38.0 Å². The molecule has 1 rings (SSSR count). The minimum Gasteiger partial charge on any atom is -0.449 e. The fraction of sp³-hybridized carbons (Fsp3) is 0.400. The minimum atomic E-state index is -4.05. The van der Waals surface area contributed by atoms with Gasteiger partial charge in [0.15, 0.2) is 6.10 Å². The molecule has 0 aliphatic heterocycles. The molecule has 1 aromatic carbocycles. The molecule has 0 radical (unpaired) electrons. The minimum absolute atomic E-state index is 0.0829. The lowest BCUT2D eigenvalue weighted by Crippen LogP contribution is -2.50. The van der Waals surface area contributed by atoms with Crippen LogP contribution in [0, 0.1) is 0 Å². The Kier molecular flexibility index (Phi) is 6.75. The second-order valence-corrected chi connectivity index (χ2v) is 8.40. The molecule has 0 aliphatic carbocycles. The van der Waals surface area contributed by atoms with E-state index in [1.165, 1.54) is 13.0 Å². The molecule has 144 valence electrons. The maximum atomic E-state index is 12.2. The van der Waals surface area contributed by atoms with Gasteiger partial charge in [0, 0.05) is 5.54 Å². The fourth-order valence-electron chi connectivity index (χ4n) is 1.70. The predicted octanol–water partition coefficient (Wildman–Crippen LogP) is 1.16. The first-order valence-corrected chi connectivity index (χ1v) is 9.29. The molecule has 0 aromatic heterocycles. The van der Waals surface area contributed by atoms with Crippen molar-refractivity contribution in [2.24, 2.45) is 5.14 Å². The molecule has 0 fully saturated rings. The highest BCUT2D eigenvalue weighted by Gasteiger charge is 2.24. The number of nitrogens with two attached hydrogens (primary N) is 1. The van der Waals surface area contributed by atoms with Gasteiger partial charge in [-0.2, -0.15) is 0 Å². The van der Waals surface area contributed by atoms with Crippen LogP contribution in [0.4, 0.5) is 4.79 Å². The Morgan fingerprint density at radius 3 is 2.31 bits per heavy atom. The van der Waals surface area contributed by atoms with Crippen LogP contribution in [0.2, 0.25) is 5.02 Å². The Labute approximate surface area is 156 Å². The van der Waals surface area contributed by atoms with Gasteiger partial charge in [0.25, 0.3) is 5.91 Å². The topological polar surface area (TPSA) is 145 Å². The Hall–Kier alpha value is -2.17. The molecule has 3 amide bonds. The van der Waals surface area contributed by atoms with Crippen molar-refractivity contribution in [1.82, 2.24) is 10.6 Å². The number of nitrogens with one attached hydrogen (secondary N) is 2. The van der Waals surface area contributed by atoms with Crippen molar-refractivity contribution < 1.29 is 27.5 Å². The van der Waals surface area contributed by atoms with Gasteiger partial charge in [-0.15, -0.1) is 0 Å². The zero-order valence-corrected chi connectivity index (χ0v) is 16.2. The van der Waals surface area contributed by atoms with Gasteiger partial charge in [-0.3, -0.25) is 10.1 Å². The van der Waals surface area contributed by atoms with Crippen LogP contribution >= 0.6 is 11.6 Å². The number of urea groups is 1. The highest BCUT2D eigenvalue weighted by Crippen LogP contribution is 2.21. The maximum absolute atomic E-state index is 12.2. The van der Waals surface area contributed by atoms with Gasteiger partial charge in [0.1, 0.15) is 0 Å². The number of carbonyl (C=O) groups excluding carboxylic acids is 3. The third kappa shape index (κ3) is 6.62. The summed E-state index contributed by atoms with van der Waals surface area (Å²) >= 11 is 5.86. The quantitative estimate of drug-likeness (QED) is 0.641. The number of halogens is 1. The fourth-order valence-corrected chi connectivity index (χ4v) is 2.44. The third-order valence-corrected chi connectivity index (χ3v) is 4.11. The van der Waals surface area contributed by atoms with Crippen LogP contribution in [0.1, 0.15) is 38.1 Å². The van der Waals surface area contributed by atoms with E-state index >= 15 is 0 Å². The Morgan fingerprint density at radius 1 is 1.23 bits per heavy atom. The number of esters is 1. The van der Waals surface area contributed by atoms with Crippen molar-refractivity contribution in [2.75, 3.05) is 0 Å². The summed E-state index contributed by atoms with van der Waals surface area (Å²) in [6.45, 7) is 6.41. The molecule has 0 heterocycles. The van der Waals surface area contributed by atoms with Gasteiger partial charge in [-0.1, -0.05) is 11.6 Å². The number of benzene rings is 1. The zero-order valence-electron chi connectivity index (χ0n) is 14.6. The summed E-state index contributed by atoms with van der Waals surface area (Å²) in [5.41, 5.74) is -0.844. The molecule has 0 aliphatic rings. The highest BCUT2D eigenvalue weighted by molar-refractivity contribution is 7.89. The van der Waals surface area contributed by atoms with E-state index in [1.807, 2.05) is 5.32 Å². The molecule has 0 saturated heterocycles. The average molecular weight is 406 g/mol. The average Bonchev–Trinajstić information content (AvgIpc) is 2.43. The number of ether oxygens (including phenoxy) is 1. The van der Waals surface area contributed by atoms with Crippen molar-refractivity contribution in [3.8, 4) is 0 Å². The lowest BCUT2D eigenvalue weighted by Gasteiger charge is -2.21. The maximum Gasteiger partial charge on any atom is 0.340 e. The number of amides is 3. The molecule has 0 spiro atoms. The summed E-state index contributed by atoms with van der Waals surface area (Å²) in [7, 11) is -4.05. The van der Waals surface area contributed by atoms with Crippen molar-refractivity contribution >= 4 is 39.5 Å². The first kappa shape index (κ1) is 21.9. The molecule has 11 heteroatoms. The molecule has 1 aromatic rings. The first-order chi connectivity index (χ1) is 11.7. The summed E-state index contributed by atoms with van der Waals surface area (Å²) < 4.78 is 27.6. The van der Waals surface area contributed by atoms with Crippen LogP contribution in [0.3, 0.4) is 0 Å². The Morgan fingerprint density at radius 2 is 1.81 bits per heavy atom. The van der Waals surface area contributed by atoms with Crippen LogP contribution in [0.25, 0.3) is 0 Å². The van der Waals surface area contributed by atoms with Crippen molar-refractivity contribution in [1.29, 1.82) is 0 Å². The lowest BCUT2D eigenvalue weighted by molar-refractivity contribution is -0.127. The number of rotatable bonds is 4. The molecule has 4 N–H and O–H groups in total. The third-order valence-electron chi connectivity index (χ3n) is 2.86. The molecular weight excluding hydrogens is 386 g/mol. The zero-order chi connectivity index (χ0) is 20.3. The van der Waals surface area contributed by atoms with Gasteiger partial charge in [-0.05, 0) is 45.9 Å².